The second kappa shape index (κ2) is 5.78. The van der Waals surface area contributed by atoms with Gasteiger partial charge >= 0.3 is 0 Å². The van der Waals surface area contributed by atoms with Crippen molar-refractivity contribution in [3.05, 3.63) is 54.0 Å². The second-order valence-corrected chi connectivity index (χ2v) is 6.27. The molecule has 0 aliphatic carbocycles. The van der Waals surface area contributed by atoms with Gasteiger partial charge in [-0.3, -0.25) is 9.47 Å². The van der Waals surface area contributed by atoms with Crippen molar-refractivity contribution >= 4 is 11.2 Å². The first-order valence-corrected chi connectivity index (χ1v) is 8.42. The Bertz CT molecular complexity index is 819. The molecule has 118 valence electrons. The molecule has 4 rings (SSSR count). The van der Waals surface area contributed by atoms with Gasteiger partial charge in [0, 0.05) is 11.9 Å². The molecule has 1 saturated heterocycles. The molecule has 2 aromatic heterocycles. The molecule has 0 radical (unpaired) electrons. The molecule has 1 aliphatic heterocycles. The molecule has 0 bridgehead atoms. The van der Waals surface area contributed by atoms with Crippen molar-refractivity contribution < 1.29 is 0 Å². The van der Waals surface area contributed by atoms with Crippen molar-refractivity contribution in [3.63, 3.8) is 0 Å². The third kappa shape index (κ3) is 2.43. The molecule has 4 nitrogen and oxygen atoms in total. The molecule has 3 heterocycles. The number of likely N-dealkylation sites (tertiary alicyclic amines) is 1. The van der Waals surface area contributed by atoms with Gasteiger partial charge in [-0.05, 0) is 57.1 Å². The topological polar surface area (TPSA) is 34.0 Å². The molecule has 0 N–H and O–H groups in total. The summed E-state index contributed by atoms with van der Waals surface area (Å²) < 4.78 is 2.24. The first-order valence-electron chi connectivity index (χ1n) is 8.42. The lowest BCUT2D eigenvalue weighted by Crippen LogP contribution is -2.25. The molecular formula is C19H22N4. The van der Waals surface area contributed by atoms with Crippen molar-refractivity contribution in [3.8, 4) is 5.69 Å². The zero-order valence-electron chi connectivity index (χ0n) is 13.7. The highest BCUT2D eigenvalue weighted by Gasteiger charge is 2.30. The number of benzene rings is 1. The largest absolute Gasteiger partial charge is 0.294 e. The van der Waals surface area contributed by atoms with E-state index in [1.807, 2.05) is 12.3 Å². The van der Waals surface area contributed by atoms with Crippen LogP contribution < -0.4 is 0 Å². The van der Waals surface area contributed by atoms with Gasteiger partial charge in [0.15, 0.2) is 5.65 Å². The highest BCUT2D eigenvalue weighted by Crippen LogP contribution is 2.34. The predicted octanol–water partition coefficient (Wildman–Crippen LogP) is 3.89. The van der Waals surface area contributed by atoms with Crippen LogP contribution in [-0.4, -0.2) is 32.5 Å². The number of hydrogen-bond acceptors (Lipinski definition) is 3. The van der Waals surface area contributed by atoms with E-state index in [0.717, 1.165) is 35.8 Å². The van der Waals surface area contributed by atoms with Gasteiger partial charge in [-0.1, -0.05) is 24.6 Å². The first kappa shape index (κ1) is 14.4. The molecule has 1 aliphatic rings. The average molecular weight is 306 g/mol. The Morgan fingerprint density at radius 2 is 2.00 bits per heavy atom. The van der Waals surface area contributed by atoms with Crippen LogP contribution in [0.1, 0.15) is 37.2 Å². The highest BCUT2D eigenvalue weighted by molar-refractivity contribution is 5.74. The fourth-order valence-electron chi connectivity index (χ4n) is 3.60. The molecule has 0 amide bonds. The van der Waals surface area contributed by atoms with Gasteiger partial charge in [0.05, 0.1) is 6.04 Å². The van der Waals surface area contributed by atoms with Gasteiger partial charge < -0.3 is 0 Å². The number of hydrogen-bond donors (Lipinski definition) is 0. The zero-order valence-corrected chi connectivity index (χ0v) is 13.7. The van der Waals surface area contributed by atoms with Crippen molar-refractivity contribution in [2.24, 2.45) is 0 Å². The van der Waals surface area contributed by atoms with E-state index in [1.54, 1.807) is 0 Å². The molecule has 3 aromatic rings. The van der Waals surface area contributed by atoms with Crippen LogP contribution in [-0.2, 0) is 0 Å². The summed E-state index contributed by atoms with van der Waals surface area (Å²) in [4.78, 5) is 12.1. The molecule has 0 spiro atoms. The van der Waals surface area contributed by atoms with Crippen LogP contribution in [0, 0.1) is 6.92 Å². The standard InChI is InChI=1S/C19H22N4/c1-3-22-13-5-7-17(22)19-21-16-6-4-12-20-18(16)23(19)15-10-8-14(2)9-11-15/h4,6,8-12,17H,3,5,7,13H2,1-2H3. The maximum Gasteiger partial charge on any atom is 0.164 e. The summed E-state index contributed by atoms with van der Waals surface area (Å²) in [5.74, 6) is 1.13. The van der Waals surface area contributed by atoms with Crippen molar-refractivity contribution in [2.75, 3.05) is 13.1 Å². The van der Waals surface area contributed by atoms with Crippen LogP contribution >= 0.6 is 0 Å². The fourth-order valence-corrected chi connectivity index (χ4v) is 3.60. The minimum Gasteiger partial charge on any atom is -0.294 e. The number of rotatable bonds is 3. The van der Waals surface area contributed by atoms with E-state index in [1.165, 1.54) is 18.4 Å². The van der Waals surface area contributed by atoms with Crippen LogP contribution in [0.5, 0.6) is 0 Å². The van der Waals surface area contributed by atoms with Gasteiger partial charge in [0.1, 0.15) is 11.3 Å². The van der Waals surface area contributed by atoms with E-state index in [9.17, 15) is 0 Å². The van der Waals surface area contributed by atoms with Crippen LogP contribution in [0.25, 0.3) is 16.9 Å². The van der Waals surface area contributed by atoms with E-state index in [-0.39, 0.29) is 0 Å². The summed E-state index contributed by atoms with van der Waals surface area (Å²) >= 11 is 0. The average Bonchev–Trinajstić information content (AvgIpc) is 3.19. The Hall–Kier alpha value is -2.20. The lowest BCUT2D eigenvalue weighted by Gasteiger charge is -2.23. The second-order valence-electron chi connectivity index (χ2n) is 6.27. The van der Waals surface area contributed by atoms with Crippen LogP contribution in [0.15, 0.2) is 42.6 Å². The normalized spacial score (nSPS) is 18.8. The third-order valence-electron chi connectivity index (χ3n) is 4.80. The summed E-state index contributed by atoms with van der Waals surface area (Å²) in [6, 6.07) is 13.0. The monoisotopic (exact) mass is 306 g/mol. The molecule has 1 unspecified atom stereocenters. The number of imidazole rings is 1. The molecule has 4 heteroatoms. The van der Waals surface area contributed by atoms with Crippen molar-refractivity contribution in [1.29, 1.82) is 0 Å². The van der Waals surface area contributed by atoms with Crippen molar-refractivity contribution in [1.82, 2.24) is 19.4 Å². The van der Waals surface area contributed by atoms with Crippen LogP contribution in [0.2, 0.25) is 0 Å². The Morgan fingerprint density at radius 3 is 2.78 bits per heavy atom. The summed E-state index contributed by atoms with van der Waals surface area (Å²) in [7, 11) is 0. The minimum absolute atomic E-state index is 0.385. The molecule has 1 atom stereocenters. The van der Waals surface area contributed by atoms with Gasteiger partial charge in [-0.15, -0.1) is 0 Å². The Balaban J connectivity index is 1.93. The summed E-state index contributed by atoms with van der Waals surface area (Å²) in [6.07, 6.45) is 4.26. The zero-order chi connectivity index (χ0) is 15.8. The number of nitrogens with zero attached hydrogens (tertiary/aromatic N) is 4. The maximum atomic E-state index is 4.95. The number of fused-ring (bicyclic) bond motifs is 1. The lowest BCUT2D eigenvalue weighted by molar-refractivity contribution is 0.261. The first-order chi connectivity index (χ1) is 11.3. The SMILES string of the molecule is CCN1CCCC1c1nc2cccnc2n1-c1ccc(C)cc1. The van der Waals surface area contributed by atoms with E-state index >= 15 is 0 Å². The Morgan fingerprint density at radius 1 is 1.17 bits per heavy atom. The maximum absolute atomic E-state index is 4.95. The quantitative estimate of drug-likeness (QED) is 0.736. The summed E-state index contributed by atoms with van der Waals surface area (Å²) in [5.41, 5.74) is 4.35. The van der Waals surface area contributed by atoms with Gasteiger partial charge in [0.25, 0.3) is 0 Å². The molecular weight excluding hydrogens is 284 g/mol. The van der Waals surface area contributed by atoms with E-state index < -0.39 is 0 Å². The van der Waals surface area contributed by atoms with Crippen LogP contribution in [0.3, 0.4) is 0 Å². The van der Waals surface area contributed by atoms with E-state index in [0.29, 0.717) is 6.04 Å². The van der Waals surface area contributed by atoms with Gasteiger partial charge in [0.2, 0.25) is 0 Å². The molecule has 23 heavy (non-hydrogen) atoms. The smallest absolute Gasteiger partial charge is 0.164 e. The Kier molecular flexibility index (Phi) is 3.62. The number of aromatic nitrogens is 3. The molecule has 1 fully saturated rings. The minimum atomic E-state index is 0.385. The van der Waals surface area contributed by atoms with Gasteiger partial charge in [-0.2, -0.15) is 0 Å². The van der Waals surface area contributed by atoms with Crippen LogP contribution in [0.4, 0.5) is 0 Å². The molecule has 1 aromatic carbocycles. The number of pyridine rings is 1. The van der Waals surface area contributed by atoms with E-state index in [2.05, 4.69) is 58.6 Å². The summed E-state index contributed by atoms with van der Waals surface area (Å²) in [5, 5.41) is 0. The third-order valence-corrected chi connectivity index (χ3v) is 4.80. The van der Waals surface area contributed by atoms with Gasteiger partial charge in [-0.25, -0.2) is 9.97 Å². The predicted molar refractivity (Wildman–Crippen MR) is 92.8 cm³/mol. The Labute approximate surface area is 136 Å². The lowest BCUT2D eigenvalue weighted by atomic mass is 10.2. The molecule has 0 saturated carbocycles. The fraction of sp³-hybridized carbons (Fsp3) is 0.368. The van der Waals surface area contributed by atoms with E-state index in [4.69, 9.17) is 4.98 Å². The summed E-state index contributed by atoms with van der Waals surface area (Å²) in [6.45, 7) is 6.57. The van der Waals surface area contributed by atoms with Crippen molar-refractivity contribution in [2.45, 2.75) is 32.7 Å². The highest BCUT2D eigenvalue weighted by atomic mass is 15.2. The number of aryl methyl sites for hydroxylation is 1.